The largest absolute Gasteiger partial charge is 0.248 e. The van der Waals surface area contributed by atoms with Crippen molar-refractivity contribution in [3.63, 3.8) is 0 Å². The van der Waals surface area contributed by atoms with Gasteiger partial charge in [-0.15, -0.1) is 0 Å². The molecule has 0 aliphatic carbocycles. The van der Waals surface area contributed by atoms with Crippen LogP contribution < -0.4 is 0 Å². The van der Waals surface area contributed by atoms with E-state index in [-0.39, 0.29) is 0 Å². The molecule has 2 rings (SSSR count). The number of aromatic nitrogens is 1. The number of hydrogen-bond acceptors (Lipinski definition) is 3. The van der Waals surface area contributed by atoms with Crippen molar-refractivity contribution in [1.82, 2.24) is 4.98 Å². The van der Waals surface area contributed by atoms with E-state index < -0.39 is 0 Å². The zero-order valence-electron chi connectivity index (χ0n) is 8.52. The van der Waals surface area contributed by atoms with E-state index in [2.05, 4.69) is 27.0 Å². The monoisotopic (exact) mass is 324 g/mol. The number of pyridine rings is 1. The Morgan fingerprint density at radius 1 is 1.35 bits per heavy atom. The Kier molecular flexibility index (Phi) is 4.06. The molecule has 1 aromatic heterocycles. The number of nitriles is 1. The van der Waals surface area contributed by atoms with Gasteiger partial charge in [0.05, 0.1) is 10.6 Å². The van der Waals surface area contributed by atoms with Crippen LogP contribution in [0.5, 0.6) is 0 Å². The Morgan fingerprint density at radius 3 is 2.82 bits per heavy atom. The van der Waals surface area contributed by atoms with E-state index in [1.807, 2.05) is 12.1 Å². The van der Waals surface area contributed by atoms with E-state index in [0.29, 0.717) is 10.6 Å². The van der Waals surface area contributed by atoms with Gasteiger partial charge in [-0.05, 0) is 46.3 Å². The maximum absolute atomic E-state index is 8.82. The molecule has 0 aliphatic rings. The highest BCUT2D eigenvalue weighted by Crippen LogP contribution is 2.33. The van der Waals surface area contributed by atoms with Gasteiger partial charge in [0.2, 0.25) is 0 Å². The summed E-state index contributed by atoms with van der Waals surface area (Å²) in [6, 6.07) is 11.2. The molecule has 0 bridgehead atoms. The minimum absolute atomic E-state index is 0.612. The molecule has 2 aromatic rings. The fourth-order valence-electron chi connectivity index (χ4n) is 1.21. The molecule has 0 unspecified atom stereocenters. The molecular formula is C12H6BrClN2S. The topological polar surface area (TPSA) is 36.7 Å². The fraction of sp³-hybridized carbons (Fsp3) is 0. The van der Waals surface area contributed by atoms with Gasteiger partial charge in [-0.3, -0.25) is 0 Å². The Hall–Kier alpha value is -1.02. The van der Waals surface area contributed by atoms with Crippen molar-refractivity contribution in [2.75, 3.05) is 0 Å². The van der Waals surface area contributed by atoms with Crippen LogP contribution in [0.1, 0.15) is 5.56 Å². The van der Waals surface area contributed by atoms with Crippen molar-refractivity contribution >= 4 is 39.3 Å². The lowest BCUT2D eigenvalue weighted by Gasteiger charge is -2.03. The highest BCUT2D eigenvalue weighted by Gasteiger charge is 2.05. The van der Waals surface area contributed by atoms with Gasteiger partial charge in [0.25, 0.3) is 0 Å². The highest BCUT2D eigenvalue weighted by molar-refractivity contribution is 9.10. The van der Waals surface area contributed by atoms with Crippen molar-refractivity contribution in [2.45, 2.75) is 9.92 Å². The Labute approximate surface area is 117 Å². The summed E-state index contributed by atoms with van der Waals surface area (Å²) in [5, 5.41) is 10.2. The van der Waals surface area contributed by atoms with Gasteiger partial charge in [-0.2, -0.15) is 5.26 Å². The van der Waals surface area contributed by atoms with Crippen LogP contribution in [0.25, 0.3) is 0 Å². The van der Waals surface area contributed by atoms with Gasteiger partial charge in [-0.25, -0.2) is 4.98 Å². The van der Waals surface area contributed by atoms with Crippen LogP contribution in [0.3, 0.4) is 0 Å². The van der Waals surface area contributed by atoms with Crippen molar-refractivity contribution in [1.29, 1.82) is 5.26 Å². The normalized spacial score (nSPS) is 9.94. The van der Waals surface area contributed by atoms with Crippen molar-refractivity contribution in [3.8, 4) is 6.07 Å². The maximum Gasteiger partial charge on any atom is 0.119 e. The molecule has 0 atom stereocenters. The highest BCUT2D eigenvalue weighted by atomic mass is 79.9. The smallest absolute Gasteiger partial charge is 0.119 e. The van der Waals surface area contributed by atoms with Gasteiger partial charge in [0.1, 0.15) is 11.1 Å². The minimum atomic E-state index is 0.612. The summed E-state index contributed by atoms with van der Waals surface area (Å²) >= 11 is 10.8. The predicted octanol–water partition coefficient (Wildman–Crippen LogP) is 4.52. The summed E-state index contributed by atoms with van der Waals surface area (Å²) in [6.07, 6.45) is 1.70. The minimum Gasteiger partial charge on any atom is -0.248 e. The lowest BCUT2D eigenvalue weighted by atomic mass is 10.2. The first kappa shape index (κ1) is 12.4. The zero-order valence-corrected chi connectivity index (χ0v) is 11.7. The molecule has 0 aliphatic heterocycles. The van der Waals surface area contributed by atoms with Crippen LogP contribution in [0.2, 0.25) is 5.02 Å². The van der Waals surface area contributed by atoms with Crippen molar-refractivity contribution in [2.24, 2.45) is 0 Å². The van der Waals surface area contributed by atoms with Crippen LogP contribution in [-0.2, 0) is 0 Å². The average molecular weight is 326 g/mol. The van der Waals surface area contributed by atoms with Crippen LogP contribution >= 0.6 is 39.3 Å². The molecule has 84 valence electrons. The second kappa shape index (κ2) is 5.54. The first-order valence-corrected chi connectivity index (χ1v) is 6.67. The summed E-state index contributed by atoms with van der Waals surface area (Å²) < 4.78 is 0.775. The Balaban J connectivity index is 2.29. The second-order valence-corrected chi connectivity index (χ2v) is 5.47. The van der Waals surface area contributed by atoms with E-state index in [1.165, 1.54) is 11.8 Å². The van der Waals surface area contributed by atoms with Crippen LogP contribution in [-0.4, -0.2) is 4.98 Å². The number of halogens is 2. The molecule has 1 aromatic carbocycles. The third kappa shape index (κ3) is 3.01. The summed E-state index contributed by atoms with van der Waals surface area (Å²) in [4.78, 5) is 5.18. The molecule has 0 spiro atoms. The molecule has 0 saturated carbocycles. The molecule has 0 amide bonds. The lowest BCUT2D eigenvalue weighted by Crippen LogP contribution is -1.82. The van der Waals surface area contributed by atoms with Crippen LogP contribution in [0.4, 0.5) is 0 Å². The number of benzene rings is 1. The average Bonchev–Trinajstić information content (AvgIpc) is 2.32. The summed E-state index contributed by atoms with van der Waals surface area (Å²) in [6.45, 7) is 0. The van der Waals surface area contributed by atoms with Gasteiger partial charge in [0, 0.05) is 15.6 Å². The molecule has 17 heavy (non-hydrogen) atoms. The van der Waals surface area contributed by atoms with Crippen LogP contribution in [0, 0.1) is 11.3 Å². The lowest BCUT2D eigenvalue weighted by molar-refractivity contribution is 1.13. The quantitative estimate of drug-likeness (QED) is 0.814. The number of nitrogens with zero attached hydrogens (tertiary/aromatic N) is 2. The van der Waals surface area contributed by atoms with Gasteiger partial charge >= 0.3 is 0 Å². The SMILES string of the molecule is N#Cc1ccc(Sc2ncccc2Cl)cc1Br. The van der Waals surface area contributed by atoms with Gasteiger partial charge in [0.15, 0.2) is 0 Å². The molecule has 0 saturated heterocycles. The summed E-state index contributed by atoms with van der Waals surface area (Å²) in [5.41, 5.74) is 0.612. The number of rotatable bonds is 2. The fourth-order valence-corrected chi connectivity index (χ4v) is 2.88. The van der Waals surface area contributed by atoms with E-state index in [1.54, 1.807) is 24.4 Å². The van der Waals surface area contributed by atoms with Crippen molar-refractivity contribution in [3.05, 3.63) is 51.6 Å². The van der Waals surface area contributed by atoms with Gasteiger partial charge < -0.3 is 0 Å². The van der Waals surface area contributed by atoms with E-state index in [4.69, 9.17) is 16.9 Å². The maximum atomic E-state index is 8.82. The Morgan fingerprint density at radius 2 is 2.18 bits per heavy atom. The second-order valence-electron chi connectivity index (χ2n) is 3.15. The van der Waals surface area contributed by atoms with Gasteiger partial charge in [-0.1, -0.05) is 23.4 Å². The first-order valence-electron chi connectivity index (χ1n) is 4.69. The summed E-state index contributed by atoms with van der Waals surface area (Å²) in [5.74, 6) is 0. The first-order chi connectivity index (χ1) is 8.20. The third-order valence-electron chi connectivity index (χ3n) is 2.00. The van der Waals surface area contributed by atoms with E-state index in [9.17, 15) is 0 Å². The standard InChI is InChI=1S/C12H6BrClN2S/c13-10-6-9(4-3-8(10)7-15)17-12-11(14)2-1-5-16-12/h1-6H. The Bertz CT molecular complexity index is 595. The number of hydrogen-bond donors (Lipinski definition) is 0. The molecule has 1 heterocycles. The molecule has 0 N–H and O–H groups in total. The molecule has 5 heteroatoms. The molecule has 2 nitrogen and oxygen atoms in total. The zero-order chi connectivity index (χ0) is 12.3. The van der Waals surface area contributed by atoms with E-state index in [0.717, 1.165) is 14.4 Å². The van der Waals surface area contributed by atoms with Crippen LogP contribution in [0.15, 0.2) is 50.9 Å². The van der Waals surface area contributed by atoms with Crippen molar-refractivity contribution < 1.29 is 0 Å². The predicted molar refractivity (Wildman–Crippen MR) is 72.2 cm³/mol. The molecule has 0 radical (unpaired) electrons. The third-order valence-corrected chi connectivity index (χ3v) is 4.08. The molecule has 0 fully saturated rings. The van der Waals surface area contributed by atoms with E-state index >= 15 is 0 Å². The summed E-state index contributed by atoms with van der Waals surface area (Å²) in [7, 11) is 0. The molecular weight excluding hydrogens is 320 g/mol.